The SMILES string of the molecule is O=c1c2ccc(-c3cccc(-n4c5ccccc5c5cc(-c6ccc7c(c6)c6ccccc6n7-c6ccccc6)ccc54)c3)cc2c2cccc3c4cc(-c5ccccc5)ccc4n1c23. The highest BCUT2D eigenvalue weighted by molar-refractivity contribution is 6.21. The monoisotopic (exact) mass is 827 g/mol. The van der Waals surface area contributed by atoms with E-state index in [1.165, 1.54) is 43.7 Å². The molecule has 0 saturated carbocycles. The summed E-state index contributed by atoms with van der Waals surface area (Å²) in [5, 5.41) is 9.84. The van der Waals surface area contributed by atoms with E-state index in [0.29, 0.717) is 5.39 Å². The number of rotatable bonds is 5. The first-order valence-electron chi connectivity index (χ1n) is 22.2. The maximum Gasteiger partial charge on any atom is 0.263 e. The average Bonchev–Trinajstić information content (AvgIpc) is 4.01. The molecule has 4 heterocycles. The van der Waals surface area contributed by atoms with Crippen LogP contribution in [0.3, 0.4) is 0 Å². The van der Waals surface area contributed by atoms with Crippen molar-refractivity contribution >= 4 is 81.6 Å². The van der Waals surface area contributed by atoms with Gasteiger partial charge in [0.25, 0.3) is 5.56 Å². The van der Waals surface area contributed by atoms with E-state index < -0.39 is 0 Å². The van der Waals surface area contributed by atoms with Gasteiger partial charge in [0, 0.05) is 54.5 Å². The zero-order chi connectivity index (χ0) is 42.8. The summed E-state index contributed by atoms with van der Waals surface area (Å²) in [6, 6.07) is 80.3. The normalized spacial score (nSPS) is 12.1. The van der Waals surface area contributed by atoms with Crippen molar-refractivity contribution in [3.8, 4) is 44.8 Å². The summed E-state index contributed by atoms with van der Waals surface area (Å²) in [5.41, 5.74) is 15.7. The van der Waals surface area contributed by atoms with Crippen LogP contribution in [0.15, 0.2) is 229 Å². The van der Waals surface area contributed by atoms with Gasteiger partial charge in [-0.1, -0.05) is 140 Å². The second-order valence-corrected chi connectivity index (χ2v) is 17.3. The summed E-state index contributed by atoms with van der Waals surface area (Å²) in [6.07, 6.45) is 0. The minimum atomic E-state index is 0.00923. The zero-order valence-electron chi connectivity index (χ0n) is 35.1. The predicted molar refractivity (Wildman–Crippen MR) is 272 cm³/mol. The van der Waals surface area contributed by atoms with Gasteiger partial charge in [-0.15, -0.1) is 0 Å². The summed E-state index contributed by atoms with van der Waals surface area (Å²) >= 11 is 0. The molecule has 0 saturated heterocycles. The van der Waals surface area contributed by atoms with Crippen LogP contribution in [-0.2, 0) is 0 Å². The van der Waals surface area contributed by atoms with Crippen molar-refractivity contribution in [3.63, 3.8) is 0 Å². The number of benzene rings is 10. The maximum absolute atomic E-state index is 14.5. The summed E-state index contributed by atoms with van der Waals surface area (Å²) in [5.74, 6) is 0. The van der Waals surface area contributed by atoms with Crippen molar-refractivity contribution in [1.82, 2.24) is 13.5 Å². The van der Waals surface area contributed by atoms with Crippen LogP contribution in [0.25, 0.3) is 126 Å². The second kappa shape index (κ2) is 13.6. The molecule has 10 aromatic carbocycles. The zero-order valence-corrected chi connectivity index (χ0v) is 35.1. The molecule has 0 bridgehead atoms. The van der Waals surface area contributed by atoms with E-state index in [4.69, 9.17) is 0 Å². The largest absolute Gasteiger partial charge is 0.309 e. The molecule has 4 aromatic heterocycles. The van der Waals surface area contributed by atoms with Crippen LogP contribution in [0, 0.1) is 0 Å². The maximum atomic E-state index is 14.5. The average molecular weight is 828 g/mol. The van der Waals surface area contributed by atoms with Gasteiger partial charge in [0.1, 0.15) is 0 Å². The number of hydrogen-bond acceptors (Lipinski definition) is 1. The third kappa shape index (κ3) is 5.22. The molecule has 0 radical (unpaired) electrons. The van der Waals surface area contributed by atoms with E-state index in [9.17, 15) is 4.79 Å². The van der Waals surface area contributed by atoms with Crippen LogP contribution in [0.1, 0.15) is 0 Å². The lowest BCUT2D eigenvalue weighted by Crippen LogP contribution is -2.12. The first-order valence-corrected chi connectivity index (χ1v) is 22.2. The Hall–Kier alpha value is -8.73. The number of fused-ring (bicyclic) bond motifs is 11. The van der Waals surface area contributed by atoms with Gasteiger partial charge in [0.15, 0.2) is 0 Å². The molecule has 0 spiro atoms. The molecule has 0 amide bonds. The van der Waals surface area contributed by atoms with E-state index in [0.717, 1.165) is 77.2 Å². The highest BCUT2D eigenvalue weighted by Gasteiger charge is 2.20. The molecule has 0 aliphatic rings. The molecular weight excluding hydrogens is 791 g/mol. The van der Waals surface area contributed by atoms with Crippen LogP contribution < -0.4 is 5.56 Å². The van der Waals surface area contributed by atoms with Crippen molar-refractivity contribution in [3.05, 3.63) is 235 Å². The van der Waals surface area contributed by atoms with Gasteiger partial charge in [-0.05, 0) is 124 Å². The van der Waals surface area contributed by atoms with Crippen molar-refractivity contribution in [2.45, 2.75) is 0 Å². The molecule has 4 nitrogen and oxygen atoms in total. The van der Waals surface area contributed by atoms with Gasteiger partial charge in [0.05, 0.1) is 33.1 Å². The third-order valence-corrected chi connectivity index (χ3v) is 13.8. The van der Waals surface area contributed by atoms with E-state index in [2.05, 4.69) is 221 Å². The first-order chi connectivity index (χ1) is 32.2. The Bertz CT molecular complexity index is 4310. The molecular formula is C61H37N3O. The minimum Gasteiger partial charge on any atom is -0.309 e. The molecule has 65 heavy (non-hydrogen) atoms. The minimum absolute atomic E-state index is 0.00923. The molecule has 0 atom stereocenters. The standard InChI is InChI=1S/C61H37N3O/c65-61-50-29-25-41(34-51(50)48-21-12-22-49-54-35-40(38-13-3-1-4-14-38)26-32-59(54)64(61)60(48)49)39-15-11-18-45(33-39)63-56-24-10-8-20-47(56)53-37-43(28-31-58(53)63)42-27-30-57-52(36-42)46-19-7-9-23-55(46)62(57)44-16-5-2-6-17-44/h1-37H. The van der Waals surface area contributed by atoms with Crippen LogP contribution in [0.2, 0.25) is 0 Å². The Kier molecular flexibility index (Phi) is 7.51. The lowest BCUT2D eigenvalue weighted by molar-refractivity contribution is 1.18. The van der Waals surface area contributed by atoms with Crippen molar-refractivity contribution < 1.29 is 0 Å². The number of hydrogen-bond donors (Lipinski definition) is 0. The van der Waals surface area contributed by atoms with Gasteiger partial charge < -0.3 is 9.13 Å². The molecule has 14 rings (SSSR count). The fraction of sp³-hybridized carbons (Fsp3) is 0. The Morgan fingerprint density at radius 2 is 0.662 bits per heavy atom. The van der Waals surface area contributed by atoms with E-state index in [1.54, 1.807) is 0 Å². The summed E-state index contributed by atoms with van der Waals surface area (Å²) in [6.45, 7) is 0. The quantitative estimate of drug-likeness (QED) is 0.159. The molecule has 0 fully saturated rings. The lowest BCUT2D eigenvalue weighted by atomic mass is 9.98. The van der Waals surface area contributed by atoms with E-state index >= 15 is 0 Å². The Balaban J connectivity index is 0.892. The highest BCUT2D eigenvalue weighted by atomic mass is 16.1. The number of para-hydroxylation sites is 4. The van der Waals surface area contributed by atoms with Crippen molar-refractivity contribution in [2.75, 3.05) is 0 Å². The lowest BCUT2D eigenvalue weighted by Gasteiger charge is -2.12. The Morgan fingerprint density at radius 1 is 0.246 bits per heavy atom. The Labute approximate surface area is 373 Å². The topological polar surface area (TPSA) is 31.3 Å². The van der Waals surface area contributed by atoms with Crippen LogP contribution >= 0.6 is 0 Å². The predicted octanol–water partition coefficient (Wildman–Crippen LogP) is 15.4. The molecule has 0 N–H and O–H groups in total. The second-order valence-electron chi connectivity index (χ2n) is 17.3. The molecule has 0 aliphatic carbocycles. The summed E-state index contributed by atoms with van der Waals surface area (Å²) in [7, 11) is 0. The van der Waals surface area contributed by atoms with Crippen LogP contribution in [0.4, 0.5) is 0 Å². The summed E-state index contributed by atoms with van der Waals surface area (Å²) in [4.78, 5) is 14.5. The van der Waals surface area contributed by atoms with Crippen LogP contribution in [0.5, 0.6) is 0 Å². The van der Waals surface area contributed by atoms with E-state index in [-0.39, 0.29) is 5.56 Å². The fourth-order valence-electron chi connectivity index (χ4n) is 10.8. The third-order valence-electron chi connectivity index (χ3n) is 13.8. The molecule has 4 heteroatoms. The summed E-state index contributed by atoms with van der Waals surface area (Å²) < 4.78 is 6.68. The number of aromatic nitrogens is 3. The van der Waals surface area contributed by atoms with Gasteiger partial charge in [-0.2, -0.15) is 0 Å². The molecule has 0 unspecified atom stereocenters. The molecule has 302 valence electrons. The first kappa shape index (κ1) is 35.8. The molecule has 14 aromatic rings. The van der Waals surface area contributed by atoms with Crippen molar-refractivity contribution in [1.29, 1.82) is 0 Å². The van der Waals surface area contributed by atoms with Gasteiger partial charge in [0.2, 0.25) is 0 Å². The molecule has 0 aliphatic heterocycles. The van der Waals surface area contributed by atoms with Gasteiger partial charge in [-0.25, -0.2) is 0 Å². The Morgan fingerprint density at radius 3 is 1.32 bits per heavy atom. The highest BCUT2D eigenvalue weighted by Crippen LogP contribution is 2.41. The van der Waals surface area contributed by atoms with E-state index in [1.807, 2.05) is 16.5 Å². The van der Waals surface area contributed by atoms with Crippen molar-refractivity contribution in [2.24, 2.45) is 0 Å². The number of nitrogens with zero attached hydrogens (tertiary/aromatic N) is 3. The van der Waals surface area contributed by atoms with Gasteiger partial charge in [-0.3, -0.25) is 9.20 Å². The number of pyridine rings is 1. The van der Waals surface area contributed by atoms with Gasteiger partial charge >= 0.3 is 0 Å². The van der Waals surface area contributed by atoms with Crippen LogP contribution in [-0.4, -0.2) is 13.5 Å². The fourth-order valence-corrected chi connectivity index (χ4v) is 10.8. The smallest absolute Gasteiger partial charge is 0.263 e.